The largest absolute Gasteiger partial charge is 0.493 e. The van der Waals surface area contributed by atoms with Crippen molar-refractivity contribution >= 4 is 35.0 Å². The lowest BCUT2D eigenvalue weighted by Crippen LogP contribution is -2.56. The summed E-state index contributed by atoms with van der Waals surface area (Å²) in [5, 5.41) is 34.5. The second-order valence-corrected chi connectivity index (χ2v) is 11.5. The summed E-state index contributed by atoms with van der Waals surface area (Å²) in [6.07, 6.45) is 2.93. The van der Waals surface area contributed by atoms with Crippen LogP contribution < -0.4 is 14.8 Å². The van der Waals surface area contributed by atoms with Crippen molar-refractivity contribution in [2.24, 2.45) is 5.92 Å². The number of ether oxygens (including phenoxy) is 2. The molecule has 0 aromatic heterocycles. The molecule has 5 rings (SSSR count). The molecule has 0 saturated heterocycles. The monoisotopic (exact) mass is 604 g/mol. The Bertz CT molecular complexity index is 1340. The first-order valence-electron chi connectivity index (χ1n) is 13.8. The highest BCUT2D eigenvalue weighted by molar-refractivity contribution is 6.42. The number of nitrogens with zero attached hydrogens (tertiary/aromatic N) is 1. The molecular weight excluding hydrogens is 571 g/mol. The van der Waals surface area contributed by atoms with Crippen LogP contribution in [0.5, 0.6) is 11.5 Å². The van der Waals surface area contributed by atoms with E-state index in [2.05, 4.69) is 5.32 Å². The standard InChI is InChI=1S/C30H34Cl2N2O7/c1-40-24-12-17(15-36)10-19-25-20(29(38)33-8-9-35)13-23(26(37)28(25)41-27(19)24)34(30(39)18-4-2-3-5-18)14-16-6-7-21(31)22(32)11-16/h6-7,10-13,18,23,25-26,28,35-37H,2-5,8-9,14-15H2,1H3,(H,33,38). The lowest BCUT2D eigenvalue weighted by Gasteiger charge is -2.41. The number of nitrogens with one attached hydrogen (secondary N) is 1. The molecule has 0 spiro atoms. The van der Waals surface area contributed by atoms with Crippen molar-refractivity contribution in [1.82, 2.24) is 10.2 Å². The van der Waals surface area contributed by atoms with E-state index in [1.54, 1.807) is 41.3 Å². The molecule has 4 N–H and O–H groups in total. The minimum absolute atomic E-state index is 0.0302. The van der Waals surface area contributed by atoms with Crippen LogP contribution in [0.2, 0.25) is 10.0 Å². The van der Waals surface area contributed by atoms with Crippen LogP contribution in [0.25, 0.3) is 0 Å². The fourth-order valence-electron chi connectivity index (χ4n) is 6.19. The van der Waals surface area contributed by atoms with Gasteiger partial charge in [-0.25, -0.2) is 0 Å². The topological polar surface area (TPSA) is 129 Å². The van der Waals surface area contributed by atoms with Crippen molar-refractivity contribution in [3.8, 4) is 11.5 Å². The van der Waals surface area contributed by atoms with E-state index in [4.69, 9.17) is 32.7 Å². The van der Waals surface area contributed by atoms with Crippen LogP contribution in [-0.4, -0.2) is 70.5 Å². The maximum absolute atomic E-state index is 14.0. The number of aliphatic hydroxyl groups is 3. The first kappa shape index (κ1) is 29.7. The number of rotatable bonds is 9. The Morgan fingerprint density at radius 2 is 1.85 bits per heavy atom. The fraction of sp³-hybridized carbons (Fsp3) is 0.467. The molecule has 3 aliphatic rings. The van der Waals surface area contributed by atoms with E-state index < -0.39 is 30.1 Å². The SMILES string of the molecule is COc1cc(CO)cc2c1OC1C2C(C(=O)NCCO)=CC(N(Cc2ccc(Cl)c(Cl)c2)C(=O)C2CCCC2)C1O. The Morgan fingerprint density at radius 3 is 2.51 bits per heavy atom. The summed E-state index contributed by atoms with van der Waals surface area (Å²) in [6.45, 7) is -0.339. The van der Waals surface area contributed by atoms with Gasteiger partial charge in [-0.1, -0.05) is 42.1 Å². The highest BCUT2D eigenvalue weighted by atomic mass is 35.5. The maximum Gasteiger partial charge on any atom is 0.247 e. The van der Waals surface area contributed by atoms with Crippen molar-refractivity contribution in [3.05, 3.63) is 68.7 Å². The third kappa shape index (κ3) is 5.79. The molecule has 1 aliphatic heterocycles. The normalized spacial score (nSPS) is 23.3. The molecule has 4 atom stereocenters. The minimum Gasteiger partial charge on any atom is -0.493 e. The number of methoxy groups -OCH3 is 1. The van der Waals surface area contributed by atoms with Crippen LogP contribution in [0, 0.1) is 5.92 Å². The predicted molar refractivity (Wildman–Crippen MR) is 153 cm³/mol. The number of aliphatic hydroxyl groups excluding tert-OH is 3. The van der Waals surface area contributed by atoms with E-state index in [1.165, 1.54) is 7.11 Å². The third-order valence-electron chi connectivity index (χ3n) is 8.18. The maximum atomic E-state index is 14.0. The van der Waals surface area contributed by atoms with Crippen molar-refractivity contribution in [2.45, 2.75) is 63.0 Å². The molecule has 11 heteroatoms. The number of fused-ring (bicyclic) bond motifs is 3. The first-order valence-corrected chi connectivity index (χ1v) is 14.5. The van der Waals surface area contributed by atoms with Crippen molar-refractivity contribution in [2.75, 3.05) is 20.3 Å². The van der Waals surface area contributed by atoms with E-state index >= 15 is 0 Å². The quantitative estimate of drug-likeness (QED) is 0.345. The summed E-state index contributed by atoms with van der Waals surface area (Å²) in [4.78, 5) is 29.1. The molecule has 0 radical (unpaired) electrons. The molecule has 1 fully saturated rings. The lowest BCUT2D eigenvalue weighted by molar-refractivity contribution is -0.142. The Kier molecular flexibility index (Phi) is 9.11. The van der Waals surface area contributed by atoms with E-state index in [1.807, 2.05) is 0 Å². The highest BCUT2D eigenvalue weighted by Crippen LogP contribution is 2.51. The average molecular weight is 606 g/mol. The summed E-state index contributed by atoms with van der Waals surface area (Å²) in [7, 11) is 1.48. The fourth-order valence-corrected chi connectivity index (χ4v) is 6.51. The van der Waals surface area contributed by atoms with E-state index in [-0.39, 0.29) is 38.1 Å². The van der Waals surface area contributed by atoms with Gasteiger partial charge in [0.25, 0.3) is 0 Å². The second kappa shape index (κ2) is 12.6. The molecule has 4 unspecified atom stereocenters. The molecule has 220 valence electrons. The van der Waals surface area contributed by atoms with Gasteiger partial charge in [-0.2, -0.15) is 0 Å². The van der Waals surface area contributed by atoms with Gasteiger partial charge in [0.05, 0.1) is 42.3 Å². The van der Waals surface area contributed by atoms with Crippen LogP contribution in [-0.2, 0) is 22.7 Å². The Labute approximate surface area is 248 Å². The molecule has 2 aliphatic carbocycles. The second-order valence-electron chi connectivity index (χ2n) is 10.7. The molecule has 2 aromatic carbocycles. The first-order chi connectivity index (χ1) is 19.8. The molecule has 0 bridgehead atoms. The van der Waals surface area contributed by atoms with Gasteiger partial charge in [-0.05, 0) is 54.3 Å². The number of benzene rings is 2. The van der Waals surface area contributed by atoms with Gasteiger partial charge in [-0.3, -0.25) is 9.59 Å². The Morgan fingerprint density at radius 1 is 1.10 bits per heavy atom. The minimum atomic E-state index is -1.20. The van der Waals surface area contributed by atoms with Crippen molar-refractivity contribution < 1.29 is 34.4 Å². The zero-order valence-corrected chi connectivity index (χ0v) is 24.2. The van der Waals surface area contributed by atoms with E-state index in [0.29, 0.717) is 38.2 Å². The Hall–Kier alpha value is -2.82. The van der Waals surface area contributed by atoms with Crippen LogP contribution >= 0.6 is 23.2 Å². The summed E-state index contributed by atoms with van der Waals surface area (Å²) < 4.78 is 11.8. The zero-order valence-electron chi connectivity index (χ0n) is 22.7. The van der Waals surface area contributed by atoms with E-state index in [0.717, 1.165) is 31.2 Å². The summed E-state index contributed by atoms with van der Waals surface area (Å²) in [5.74, 6) is -0.704. The number of amides is 2. The van der Waals surface area contributed by atoms with Crippen molar-refractivity contribution in [1.29, 1.82) is 0 Å². The van der Waals surface area contributed by atoms with Gasteiger partial charge in [0.15, 0.2) is 11.5 Å². The predicted octanol–water partition coefficient (Wildman–Crippen LogP) is 3.34. The molecule has 1 saturated carbocycles. The van der Waals surface area contributed by atoms with Crippen LogP contribution in [0.1, 0.15) is 48.3 Å². The number of carbonyl (C=O) groups is 2. The number of hydrogen-bond acceptors (Lipinski definition) is 7. The summed E-state index contributed by atoms with van der Waals surface area (Å²) in [6, 6.07) is 7.62. The molecule has 1 heterocycles. The summed E-state index contributed by atoms with van der Waals surface area (Å²) >= 11 is 12.4. The number of halogens is 2. The van der Waals surface area contributed by atoms with Gasteiger partial charge >= 0.3 is 0 Å². The lowest BCUT2D eigenvalue weighted by atomic mass is 9.77. The van der Waals surface area contributed by atoms with Crippen LogP contribution in [0.3, 0.4) is 0 Å². The average Bonchev–Trinajstić information content (AvgIpc) is 3.65. The van der Waals surface area contributed by atoms with Gasteiger partial charge in [-0.15, -0.1) is 0 Å². The van der Waals surface area contributed by atoms with Gasteiger partial charge in [0.2, 0.25) is 11.8 Å². The van der Waals surface area contributed by atoms with Gasteiger partial charge in [0.1, 0.15) is 12.2 Å². The van der Waals surface area contributed by atoms with Crippen molar-refractivity contribution in [3.63, 3.8) is 0 Å². The van der Waals surface area contributed by atoms with Gasteiger partial charge < -0.3 is 35.0 Å². The molecule has 2 aromatic rings. The highest BCUT2D eigenvalue weighted by Gasteiger charge is 2.52. The van der Waals surface area contributed by atoms with Gasteiger partial charge in [0, 0.05) is 30.1 Å². The van der Waals surface area contributed by atoms with Crippen LogP contribution in [0.15, 0.2) is 42.0 Å². The van der Waals surface area contributed by atoms with E-state index in [9.17, 15) is 24.9 Å². The molecule has 41 heavy (non-hydrogen) atoms. The number of hydrogen-bond donors (Lipinski definition) is 4. The number of carbonyl (C=O) groups excluding carboxylic acids is 2. The molecule has 9 nitrogen and oxygen atoms in total. The van der Waals surface area contributed by atoms with Crippen LogP contribution in [0.4, 0.5) is 0 Å². The molecule has 2 amide bonds. The Balaban J connectivity index is 1.60. The molecular formula is C30H34Cl2N2O7. The summed E-state index contributed by atoms with van der Waals surface area (Å²) in [5.41, 5.74) is 2.19. The zero-order chi connectivity index (χ0) is 29.3. The third-order valence-corrected chi connectivity index (χ3v) is 8.92. The smallest absolute Gasteiger partial charge is 0.247 e.